The van der Waals surface area contributed by atoms with Crippen LogP contribution >= 0.6 is 22.9 Å². The topological polar surface area (TPSA) is 35.0 Å². The summed E-state index contributed by atoms with van der Waals surface area (Å²) in [5.41, 5.74) is -0.244. The average Bonchev–Trinajstić information content (AvgIpc) is 2.65. The van der Waals surface area contributed by atoms with Crippen molar-refractivity contribution in [3.8, 4) is 5.88 Å². The van der Waals surface area contributed by atoms with Crippen LogP contribution in [-0.2, 0) is 0 Å². The second kappa shape index (κ2) is 4.18. The van der Waals surface area contributed by atoms with Crippen molar-refractivity contribution in [2.45, 2.75) is 32.8 Å². The SMILES string of the molecule is CCC(C)(C)Oc1nc(Cl)nc2sccc12. The Labute approximate surface area is 103 Å². The zero-order valence-electron chi connectivity index (χ0n) is 9.45. The van der Waals surface area contributed by atoms with E-state index in [-0.39, 0.29) is 10.9 Å². The fraction of sp³-hybridized carbons (Fsp3) is 0.455. The quantitative estimate of drug-likeness (QED) is 0.781. The molecule has 0 spiro atoms. The van der Waals surface area contributed by atoms with Gasteiger partial charge in [0.15, 0.2) is 0 Å². The van der Waals surface area contributed by atoms with Crippen LogP contribution < -0.4 is 4.74 Å². The van der Waals surface area contributed by atoms with Crippen LogP contribution in [0.4, 0.5) is 0 Å². The third-order valence-corrected chi connectivity index (χ3v) is 3.46. The summed E-state index contributed by atoms with van der Waals surface area (Å²) >= 11 is 7.39. The summed E-state index contributed by atoms with van der Waals surface area (Å²) in [6.45, 7) is 6.13. The van der Waals surface area contributed by atoms with E-state index >= 15 is 0 Å². The number of halogens is 1. The van der Waals surface area contributed by atoms with Crippen LogP contribution in [0.5, 0.6) is 5.88 Å². The summed E-state index contributed by atoms with van der Waals surface area (Å²) in [5.74, 6) is 0.572. The molecule has 0 aliphatic rings. The minimum absolute atomic E-state index is 0.233. The first-order valence-corrected chi connectivity index (χ1v) is 6.37. The number of rotatable bonds is 3. The van der Waals surface area contributed by atoms with Crippen molar-refractivity contribution in [2.24, 2.45) is 0 Å². The van der Waals surface area contributed by atoms with Crippen LogP contribution in [0.1, 0.15) is 27.2 Å². The smallest absolute Gasteiger partial charge is 0.227 e. The summed E-state index contributed by atoms with van der Waals surface area (Å²) in [6.07, 6.45) is 0.903. The first kappa shape index (κ1) is 11.6. The molecule has 2 heterocycles. The molecule has 0 unspecified atom stereocenters. The Hall–Kier alpha value is -0.870. The van der Waals surface area contributed by atoms with Crippen LogP contribution in [0.2, 0.25) is 5.28 Å². The molecule has 0 N–H and O–H groups in total. The lowest BCUT2D eigenvalue weighted by atomic mass is 10.1. The van der Waals surface area contributed by atoms with Crippen molar-refractivity contribution in [3.63, 3.8) is 0 Å². The minimum Gasteiger partial charge on any atom is -0.471 e. The van der Waals surface area contributed by atoms with Crippen molar-refractivity contribution >= 4 is 33.2 Å². The van der Waals surface area contributed by atoms with Gasteiger partial charge in [0, 0.05) is 0 Å². The third kappa shape index (κ3) is 2.28. The molecule has 0 aliphatic heterocycles. The highest BCUT2D eigenvalue weighted by Gasteiger charge is 2.20. The van der Waals surface area contributed by atoms with E-state index in [9.17, 15) is 0 Å². The van der Waals surface area contributed by atoms with Gasteiger partial charge in [-0.15, -0.1) is 11.3 Å². The fourth-order valence-electron chi connectivity index (χ4n) is 1.22. The lowest BCUT2D eigenvalue weighted by molar-refractivity contribution is 0.101. The second-order valence-electron chi connectivity index (χ2n) is 4.15. The molecule has 2 rings (SSSR count). The van der Waals surface area contributed by atoms with Gasteiger partial charge in [0.05, 0.1) is 5.39 Å². The van der Waals surface area contributed by atoms with Crippen LogP contribution in [-0.4, -0.2) is 15.6 Å². The van der Waals surface area contributed by atoms with Gasteiger partial charge in [-0.3, -0.25) is 0 Å². The molecule has 0 saturated carbocycles. The van der Waals surface area contributed by atoms with E-state index in [4.69, 9.17) is 16.3 Å². The highest BCUT2D eigenvalue weighted by Crippen LogP contribution is 2.30. The molecule has 5 heteroatoms. The van der Waals surface area contributed by atoms with Gasteiger partial charge < -0.3 is 4.74 Å². The third-order valence-electron chi connectivity index (χ3n) is 2.49. The Morgan fingerprint density at radius 1 is 1.44 bits per heavy atom. The largest absolute Gasteiger partial charge is 0.471 e. The Kier molecular flexibility index (Phi) is 3.04. The van der Waals surface area contributed by atoms with Crippen LogP contribution in [0.3, 0.4) is 0 Å². The standard InChI is InChI=1S/C11H13ClN2OS/c1-4-11(2,3)15-8-7-5-6-16-9(7)14-10(12)13-8/h5-6H,4H2,1-3H3. The molecule has 0 aliphatic carbocycles. The van der Waals surface area contributed by atoms with Gasteiger partial charge in [-0.25, -0.2) is 4.98 Å². The first-order valence-electron chi connectivity index (χ1n) is 5.11. The van der Waals surface area contributed by atoms with Crippen LogP contribution in [0.25, 0.3) is 10.2 Å². The summed E-state index contributed by atoms with van der Waals surface area (Å²) in [4.78, 5) is 9.15. The second-order valence-corrected chi connectivity index (χ2v) is 5.39. The van der Waals surface area contributed by atoms with Gasteiger partial charge in [-0.2, -0.15) is 4.98 Å². The van der Waals surface area contributed by atoms with E-state index in [2.05, 4.69) is 16.9 Å². The number of hydrogen-bond acceptors (Lipinski definition) is 4. The molecule has 0 fully saturated rings. The lowest BCUT2D eigenvalue weighted by Gasteiger charge is -2.24. The van der Waals surface area contributed by atoms with Gasteiger partial charge >= 0.3 is 0 Å². The van der Waals surface area contributed by atoms with Gasteiger partial charge in [-0.1, -0.05) is 6.92 Å². The zero-order valence-corrected chi connectivity index (χ0v) is 11.0. The van der Waals surface area contributed by atoms with Crippen molar-refractivity contribution in [1.82, 2.24) is 9.97 Å². The van der Waals surface area contributed by atoms with Crippen molar-refractivity contribution in [3.05, 3.63) is 16.7 Å². The molecule has 0 radical (unpaired) electrons. The number of hydrogen-bond donors (Lipinski definition) is 0. The number of thiophene rings is 1. The molecule has 0 aromatic carbocycles. The van der Waals surface area contributed by atoms with Crippen molar-refractivity contribution < 1.29 is 4.74 Å². The molecule has 2 aromatic heterocycles. The Morgan fingerprint density at radius 3 is 2.88 bits per heavy atom. The maximum atomic E-state index is 5.87. The molecular formula is C11H13ClN2OS. The molecule has 2 aromatic rings. The molecule has 0 amide bonds. The van der Waals surface area contributed by atoms with Crippen molar-refractivity contribution in [1.29, 1.82) is 0 Å². The molecule has 3 nitrogen and oxygen atoms in total. The molecule has 16 heavy (non-hydrogen) atoms. The molecule has 86 valence electrons. The van der Waals surface area contributed by atoms with Gasteiger partial charge in [0.2, 0.25) is 11.2 Å². The van der Waals surface area contributed by atoms with Gasteiger partial charge in [0.1, 0.15) is 10.4 Å². The summed E-state index contributed by atoms with van der Waals surface area (Å²) < 4.78 is 5.87. The Bertz CT molecular complexity index is 510. The molecule has 0 saturated heterocycles. The lowest BCUT2D eigenvalue weighted by Crippen LogP contribution is -2.27. The van der Waals surface area contributed by atoms with Gasteiger partial charge in [0.25, 0.3) is 0 Å². The van der Waals surface area contributed by atoms with Crippen LogP contribution in [0, 0.1) is 0 Å². The van der Waals surface area contributed by atoms with E-state index in [1.54, 1.807) is 0 Å². The Morgan fingerprint density at radius 2 is 2.19 bits per heavy atom. The van der Waals surface area contributed by atoms with Crippen LogP contribution in [0.15, 0.2) is 11.4 Å². The first-order chi connectivity index (χ1) is 7.52. The average molecular weight is 257 g/mol. The van der Waals surface area contributed by atoms with E-state index < -0.39 is 0 Å². The number of aromatic nitrogens is 2. The Balaban J connectivity index is 2.47. The molecular weight excluding hydrogens is 244 g/mol. The van der Waals surface area contributed by atoms with E-state index in [0.717, 1.165) is 16.6 Å². The maximum Gasteiger partial charge on any atom is 0.227 e. The predicted molar refractivity (Wildman–Crippen MR) is 67.4 cm³/mol. The fourth-order valence-corrected chi connectivity index (χ4v) is 2.18. The normalized spacial score (nSPS) is 12.0. The van der Waals surface area contributed by atoms with E-state index in [1.165, 1.54) is 11.3 Å². The van der Waals surface area contributed by atoms with E-state index in [0.29, 0.717) is 5.88 Å². The molecule has 0 atom stereocenters. The predicted octanol–water partition coefficient (Wildman–Crippen LogP) is 3.91. The van der Waals surface area contributed by atoms with Crippen molar-refractivity contribution in [2.75, 3.05) is 0 Å². The highest BCUT2D eigenvalue weighted by molar-refractivity contribution is 7.16. The number of ether oxygens (including phenoxy) is 1. The molecule has 0 bridgehead atoms. The highest BCUT2D eigenvalue weighted by atomic mass is 35.5. The summed E-state index contributed by atoms with van der Waals surface area (Å²) in [6, 6.07) is 1.96. The summed E-state index contributed by atoms with van der Waals surface area (Å²) in [7, 11) is 0. The number of nitrogens with zero attached hydrogens (tertiary/aromatic N) is 2. The number of fused-ring (bicyclic) bond motifs is 1. The summed E-state index contributed by atoms with van der Waals surface area (Å²) in [5, 5.41) is 3.12. The maximum absolute atomic E-state index is 5.87. The van der Waals surface area contributed by atoms with E-state index in [1.807, 2.05) is 25.3 Å². The monoisotopic (exact) mass is 256 g/mol. The van der Waals surface area contributed by atoms with Gasteiger partial charge in [-0.05, 0) is 43.3 Å². The zero-order chi connectivity index (χ0) is 11.8. The minimum atomic E-state index is -0.244.